The van der Waals surface area contributed by atoms with E-state index in [4.69, 9.17) is 11.6 Å². The Kier molecular flexibility index (Phi) is 3.69. The predicted molar refractivity (Wildman–Crippen MR) is 71.4 cm³/mol. The van der Waals surface area contributed by atoms with Crippen LogP contribution in [-0.2, 0) is 0 Å². The summed E-state index contributed by atoms with van der Waals surface area (Å²) in [5.41, 5.74) is 3.12. The largest absolute Gasteiger partial charge is 0.384 e. The first-order valence-electron chi connectivity index (χ1n) is 5.68. The van der Waals surface area contributed by atoms with Gasteiger partial charge in [0.25, 0.3) is 0 Å². The average molecular weight is 265 g/mol. The van der Waals surface area contributed by atoms with Crippen molar-refractivity contribution in [3.8, 4) is 0 Å². The van der Waals surface area contributed by atoms with Gasteiger partial charge in [-0.1, -0.05) is 23.7 Å². The minimum absolute atomic E-state index is 0.300. The molecular formula is C15H14ClFO. The van der Waals surface area contributed by atoms with Crippen LogP contribution < -0.4 is 0 Å². The monoisotopic (exact) mass is 264 g/mol. The maximum absolute atomic E-state index is 13.0. The number of aliphatic hydroxyl groups excluding tert-OH is 1. The lowest BCUT2D eigenvalue weighted by Gasteiger charge is -2.15. The van der Waals surface area contributed by atoms with E-state index in [9.17, 15) is 9.50 Å². The highest BCUT2D eigenvalue weighted by Crippen LogP contribution is 2.28. The van der Waals surface area contributed by atoms with Gasteiger partial charge in [0.15, 0.2) is 0 Å². The molecule has 94 valence electrons. The fourth-order valence-electron chi connectivity index (χ4n) is 2.05. The molecule has 0 saturated heterocycles. The fraction of sp³-hybridized carbons (Fsp3) is 0.200. The molecule has 0 aliphatic carbocycles. The topological polar surface area (TPSA) is 20.2 Å². The predicted octanol–water partition coefficient (Wildman–Crippen LogP) is 4.18. The van der Waals surface area contributed by atoms with E-state index in [0.717, 1.165) is 16.7 Å². The summed E-state index contributed by atoms with van der Waals surface area (Å²) < 4.78 is 13.0. The van der Waals surface area contributed by atoms with Crippen LogP contribution in [0.15, 0.2) is 36.4 Å². The quantitative estimate of drug-likeness (QED) is 0.863. The van der Waals surface area contributed by atoms with Gasteiger partial charge in [0.05, 0.1) is 0 Å². The van der Waals surface area contributed by atoms with E-state index in [2.05, 4.69) is 0 Å². The molecule has 0 radical (unpaired) electrons. The van der Waals surface area contributed by atoms with Crippen molar-refractivity contribution in [2.75, 3.05) is 0 Å². The molecule has 1 atom stereocenters. The SMILES string of the molecule is Cc1cc(Cl)cc(C(O)c2ccc(F)cc2C)c1. The van der Waals surface area contributed by atoms with Crippen molar-refractivity contribution in [3.05, 3.63) is 69.5 Å². The van der Waals surface area contributed by atoms with Crippen LogP contribution in [0.4, 0.5) is 4.39 Å². The standard InChI is InChI=1S/C15H14ClFO/c1-9-5-11(8-12(16)6-9)15(18)14-4-3-13(17)7-10(14)2/h3-8,15,18H,1-2H3. The van der Waals surface area contributed by atoms with Crippen LogP contribution in [0.3, 0.4) is 0 Å². The summed E-state index contributed by atoms with van der Waals surface area (Å²) in [4.78, 5) is 0. The van der Waals surface area contributed by atoms with Gasteiger partial charge < -0.3 is 5.11 Å². The van der Waals surface area contributed by atoms with E-state index >= 15 is 0 Å². The number of halogens is 2. The molecule has 0 spiro atoms. The number of hydrogen-bond donors (Lipinski definition) is 1. The van der Waals surface area contributed by atoms with Crippen LogP contribution >= 0.6 is 11.6 Å². The molecule has 2 rings (SSSR count). The summed E-state index contributed by atoms with van der Waals surface area (Å²) in [6.45, 7) is 3.69. The van der Waals surface area contributed by atoms with E-state index in [1.54, 1.807) is 19.1 Å². The van der Waals surface area contributed by atoms with Crippen LogP contribution in [0.2, 0.25) is 5.02 Å². The number of hydrogen-bond acceptors (Lipinski definition) is 1. The molecule has 1 N–H and O–H groups in total. The fourth-order valence-corrected chi connectivity index (χ4v) is 2.35. The molecule has 2 aromatic rings. The van der Waals surface area contributed by atoms with Crippen LogP contribution in [0.1, 0.15) is 28.4 Å². The molecule has 0 heterocycles. The molecule has 2 aromatic carbocycles. The van der Waals surface area contributed by atoms with Crippen LogP contribution in [0.25, 0.3) is 0 Å². The average Bonchev–Trinajstić information content (AvgIpc) is 2.26. The Labute approximate surface area is 111 Å². The Morgan fingerprint density at radius 2 is 1.83 bits per heavy atom. The number of benzene rings is 2. The van der Waals surface area contributed by atoms with Crippen LogP contribution in [0.5, 0.6) is 0 Å². The van der Waals surface area contributed by atoms with E-state index < -0.39 is 6.10 Å². The van der Waals surface area contributed by atoms with Crippen molar-refractivity contribution in [1.82, 2.24) is 0 Å². The molecule has 3 heteroatoms. The highest BCUT2D eigenvalue weighted by Gasteiger charge is 2.14. The van der Waals surface area contributed by atoms with E-state index in [0.29, 0.717) is 10.6 Å². The molecule has 0 aliphatic rings. The zero-order valence-corrected chi connectivity index (χ0v) is 11.0. The Morgan fingerprint density at radius 3 is 2.44 bits per heavy atom. The number of rotatable bonds is 2. The van der Waals surface area contributed by atoms with E-state index in [1.807, 2.05) is 19.1 Å². The molecular weight excluding hydrogens is 251 g/mol. The van der Waals surface area contributed by atoms with Gasteiger partial charge in [-0.2, -0.15) is 0 Å². The number of aryl methyl sites for hydroxylation is 2. The van der Waals surface area contributed by atoms with E-state index in [1.165, 1.54) is 12.1 Å². The third-order valence-electron chi connectivity index (χ3n) is 2.91. The smallest absolute Gasteiger partial charge is 0.123 e. The molecule has 0 bridgehead atoms. The van der Waals surface area contributed by atoms with Gasteiger partial charge in [0.1, 0.15) is 11.9 Å². The van der Waals surface area contributed by atoms with Crippen molar-refractivity contribution in [2.24, 2.45) is 0 Å². The first kappa shape index (κ1) is 13.1. The van der Waals surface area contributed by atoms with Crippen molar-refractivity contribution in [1.29, 1.82) is 0 Å². The lowest BCUT2D eigenvalue weighted by atomic mass is 9.96. The second kappa shape index (κ2) is 5.09. The van der Waals surface area contributed by atoms with Gasteiger partial charge in [-0.05, 0) is 60.4 Å². The van der Waals surface area contributed by atoms with Crippen molar-refractivity contribution in [2.45, 2.75) is 20.0 Å². The van der Waals surface area contributed by atoms with Crippen molar-refractivity contribution in [3.63, 3.8) is 0 Å². The Hall–Kier alpha value is -1.38. The second-order valence-corrected chi connectivity index (χ2v) is 4.90. The Bertz CT molecular complexity index is 560. The summed E-state index contributed by atoms with van der Waals surface area (Å²) >= 11 is 5.98. The summed E-state index contributed by atoms with van der Waals surface area (Å²) in [5, 5.41) is 10.9. The lowest BCUT2D eigenvalue weighted by Crippen LogP contribution is -2.02. The van der Waals surface area contributed by atoms with Gasteiger partial charge in [-0.15, -0.1) is 0 Å². The minimum atomic E-state index is -0.789. The summed E-state index contributed by atoms with van der Waals surface area (Å²) in [6, 6.07) is 9.79. The highest BCUT2D eigenvalue weighted by atomic mass is 35.5. The van der Waals surface area contributed by atoms with Crippen LogP contribution in [-0.4, -0.2) is 5.11 Å². The third kappa shape index (κ3) is 2.71. The van der Waals surface area contributed by atoms with Gasteiger partial charge >= 0.3 is 0 Å². The van der Waals surface area contributed by atoms with E-state index in [-0.39, 0.29) is 5.82 Å². The first-order valence-corrected chi connectivity index (χ1v) is 6.06. The normalized spacial score (nSPS) is 12.5. The van der Waals surface area contributed by atoms with Gasteiger partial charge in [-0.3, -0.25) is 0 Å². The molecule has 0 amide bonds. The first-order chi connectivity index (χ1) is 8.47. The Morgan fingerprint density at radius 1 is 1.11 bits per heavy atom. The third-order valence-corrected chi connectivity index (χ3v) is 3.12. The highest BCUT2D eigenvalue weighted by molar-refractivity contribution is 6.30. The number of aliphatic hydroxyl groups is 1. The van der Waals surface area contributed by atoms with Crippen molar-refractivity contribution < 1.29 is 9.50 Å². The molecule has 1 nitrogen and oxygen atoms in total. The molecule has 0 saturated carbocycles. The summed E-state index contributed by atoms with van der Waals surface area (Å²) in [7, 11) is 0. The molecule has 0 aromatic heterocycles. The maximum Gasteiger partial charge on any atom is 0.123 e. The lowest BCUT2D eigenvalue weighted by molar-refractivity contribution is 0.219. The summed E-state index contributed by atoms with van der Waals surface area (Å²) in [5.74, 6) is -0.300. The second-order valence-electron chi connectivity index (χ2n) is 4.47. The molecule has 0 aliphatic heterocycles. The molecule has 1 unspecified atom stereocenters. The minimum Gasteiger partial charge on any atom is -0.384 e. The summed E-state index contributed by atoms with van der Waals surface area (Å²) in [6.07, 6.45) is -0.789. The Balaban J connectivity index is 2.44. The van der Waals surface area contributed by atoms with Crippen molar-refractivity contribution >= 4 is 11.6 Å². The van der Waals surface area contributed by atoms with Crippen LogP contribution in [0, 0.1) is 19.7 Å². The van der Waals surface area contributed by atoms with Gasteiger partial charge in [-0.25, -0.2) is 4.39 Å². The van der Waals surface area contributed by atoms with Gasteiger partial charge in [0, 0.05) is 5.02 Å². The molecule has 18 heavy (non-hydrogen) atoms. The molecule has 0 fully saturated rings. The maximum atomic E-state index is 13.0. The zero-order chi connectivity index (χ0) is 13.3. The zero-order valence-electron chi connectivity index (χ0n) is 10.2. The van der Waals surface area contributed by atoms with Gasteiger partial charge in [0.2, 0.25) is 0 Å².